The lowest BCUT2D eigenvalue weighted by Crippen LogP contribution is -2.31. The zero-order valence-corrected chi connectivity index (χ0v) is 15.6. The van der Waals surface area contributed by atoms with E-state index in [2.05, 4.69) is 9.97 Å². The van der Waals surface area contributed by atoms with Gasteiger partial charge in [0, 0.05) is 24.9 Å². The van der Waals surface area contributed by atoms with E-state index >= 15 is 0 Å². The summed E-state index contributed by atoms with van der Waals surface area (Å²) in [4.78, 5) is 32.9. The summed E-state index contributed by atoms with van der Waals surface area (Å²) in [6.07, 6.45) is 5.76. The molecule has 0 aliphatic carbocycles. The van der Waals surface area contributed by atoms with Crippen molar-refractivity contribution < 1.29 is 14.3 Å². The summed E-state index contributed by atoms with van der Waals surface area (Å²) in [5.41, 5.74) is 6.55. The molecule has 0 spiro atoms. The molecule has 0 aliphatic heterocycles. The van der Waals surface area contributed by atoms with Crippen LogP contribution in [0.25, 0.3) is 0 Å². The summed E-state index contributed by atoms with van der Waals surface area (Å²) >= 11 is 1.16. The molecule has 0 radical (unpaired) electrons. The third-order valence-corrected chi connectivity index (χ3v) is 4.79. The van der Waals surface area contributed by atoms with Gasteiger partial charge in [-0.15, -0.1) is 11.3 Å². The van der Waals surface area contributed by atoms with Gasteiger partial charge in [-0.05, 0) is 18.9 Å². The molecule has 0 saturated carbocycles. The van der Waals surface area contributed by atoms with Crippen LogP contribution in [0.1, 0.15) is 22.3 Å². The van der Waals surface area contributed by atoms with Crippen molar-refractivity contribution in [2.75, 3.05) is 0 Å². The van der Waals surface area contributed by atoms with Crippen LogP contribution in [0.5, 0.6) is 5.88 Å². The fourth-order valence-corrected chi connectivity index (χ4v) is 3.32. The van der Waals surface area contributed by atoms with Gasteiger partial charge in [-0.1, -0.05) is 30.3 Å². The summed E-state index contributed by atoms with van der Waals surface area (Å²) in [7, 11) is 0. The summed E-state index contributed by atoms with van der Waals surface area (Å²) in [5, 5.41) is 1.85. The Morgan fingerprint density at radius 1 is 1.30 bits per heavy atom. The lowest BCUT2D eigenvalue weighted by molar-refractivity contribution is -0.135. The number of imidazole rings is 1. The monoisotopic (exact) mass is 384 g/mol. The fourth-order valence-electron chi connectivity index (χ4n) is 2.58. The van der Waals surface area contributed by atoms with Gasteiger partial charge < -0.3 is 15.0 Å². The summed E-state index contributed by atoms with van der Waals surface area (Å²) in [6.45, 7) is 2.02. The number of benzene rings is 1. The Morgan fingerprint density at radius 2 is 2.07 bits per heavy atom. The van der Waals surface area contributed by atoms with Gasteiger partial charge >= 0.3 is 5.97 Å². The number of ketones is 1. The SMILES string of the molecule is C[C@H](N)C(=O)Oc1csc(C(=O)[C@H](Cc2ccccc2)Cn2ccnc2)n1. The van der Waals surface area contributed by atoms with Crippen LogP contribution in [-0.4, -0.2) is 32.3 Å². The van der Waals surface area contributed by atoms with E-state index in [0.29, 0.717) is 18.0 Å². The Kier molecular flexibility index (Phi) is 6.10. The average Bonchev–Trinajstić information content (AvgIpc) is 3.33. The molecule has 3 aromatic rings. The van der Waals surface area contributed by atoms with Gasteiger partial charge in [0.2, 0.25) is 5.88 Å². The van der Waals surface area contributed by atoms with E-state index in [1.807, 2.05) is 41.1 Å². The van der Waals surface area contributed by atoms with Gasteiger partial charge in [-0.3, -0.25) is 4.79 Å². The molecule has 1 aromatic carbocycles. The molecular weight excluding hydrogens is 364 g/mol. The molecule has 3 rings (SSSR count). The number of esters is 1. The topological polar surface area (TPSA) is 100 Å². The predicted molar refractivity (Wildman–Crippen MR) is 102 cm³/mol. The van der Waals surface area contributed by atoms with Gasteiger partial charge in [0.15, 0.2) is 10.8 Å². The van der Waals surface area contributed by atoms with Crippen molar-refractivity contribution >= 4 is 23.1 Å². The first-order valence-electron chi connectivity index (χ1n) is 8.49. The zero-order valence-electron chi connectivity index (χ0n) is 14.8. The van der Waals surface area contributed by atoms with Gasteiger partial charge in [0.1, 0.15) is 6.04 Å². The quantitative estimate of drug-likeness (QED) is 0.473. The van der Waals surface area contributed by atoms with Crippen molar-refractivity contribution in [3.05, 3.63) is 65.0 Å². The van der Waals surface area contributed by atoms with Gasteiger partial charge in [0.25, 0.3) is 0 Å². The maximum atomic E-state index is 13.1. The molecule has 2 aromatic heterocycles. The Hall–Kier alpha value is -2.84. The van der Waals surface area contributed by atoms with E-state index < -0.39 is 12.0 Å². The van der Waals surface area contributed by atoms with E-state index in [9.17, 15) is 9.59 Å². The number of nitrogens with two attached hydrogens (primary N) is 1. The van der Waals surface area contributed by atoms with E-state index in [4.69, 9.17) is 10.5 Å². The molecule has 0 saturated heterocycles. The first kappa shape index (κ1) is 18.9. The van der Waals surface area contributed by atoms with Gasteiger partial charge in [0.05, 0.1) is 11.7 Å². The van der Waals surface area contributed by atoms with Crippen LogP contribution in [-0.2, 0) is 17.8 Å². The smallest absolute Gasteiger partial charge is 0.329 e. The fraction of sp³-hybridized carbons (Fsp3) is 0.263. The maximum Gasteiger partial charge on any atom is 0.329 e. The molecule has 0 bridgehead atoms. The highest BCUT2D eigenvalue weighted by Crippen LogP contribution is 2.23. The molecule has 0 aliphatic rings. The Balaban J connectivity index is 1.78. The minimum absolute atomic E-state index is 0.0966. The largest absolute Gasteiger partial charge is 0.405 e. The van der Waals surface area contributed by atoms with Crippen LogP contribution in [0.4, 0.5) is 0 Å². The first-order valence-corrected chi connectivity index (χ1v) is 9.37. The Bertz CT molecular complexity index is 891. The molecule has 7 nitrogen and oxygen atoms in total. The number of carbonyl (C=O) groups excluding carboxylic acids is 2. The van der Waals surface area contributed by atoms with Crippen molar-refractivity contribution in [3.8, 4) is 5.88 Å². The number of hydrogen-bond donors (Lipinski definition) is 1. The van der Waals surface area contributed by atoms with Crippen LogP contribution in [0.15, 0.2) is 54.4 Å². The van der Waals surface area contributed by atoms with E-state index in [1.165, 1.54) is 6.92 Å². The zero-order chi connectivity index (χ0) is 19.2. The van der Waals surface area contributed by atoms with Crippen LogP contribution in [0.2, 0.25) is 0 Å². The molecule has 2 heterocycles. The van der Waals surface area contributed by atoms with Gasteiger partial charge in [-0.2, -0.15) is 4.98 Å². The molecule has 2 atom stereocenters. The highest BCUT2D eigenvalue weighted by molar-refractivity contribution is 7.11. The van der Waals surface area contributed by atoms with Gasteiger partial charge in [-0.25, -0.2) is 9.78 Å². The van der Waals surface area contributed by atoms with Crippen LogP contribution >= 0.6 is 11.3 Å². The molecule has 8 heteroatoms. The van der Waals surface area contributed by atoms with E-state index in [1.54, 1.807) is 17.9 Å². The summed E-state index contributed by atoms with van der Waals surface area (Å²) in [5.74, 6) is -0.893. The molecular formula is C19H20N4O3S. The molecule has 140 valence electrons. The van der Waals surface area contributed by atoms with E-state index in [0.717, 1.165) is 16.9 Å². The number of carbonyl (C=O) groups is 2. The normalized spacial score (nSPS) is 13.1. The highest BCUT2D eigenvalue weighted by atomic mass is 32.1. The van der Waals surface area contributed by atoms with Crippen molar-refractivity contribution in [1.29, 1.82) is 0 Å². The van der Waals surface area contributed by atoms with Crippen LogP contribution in [0.3, 0.4) is 0 Å². The number of hydrogen-bond acceptors (Lipinski definition) is 7. The van der Waals surface area contributed by atoms with E-state index in [-0.39, 0.29) is 17.6 Å². The first-order chi connectivity index (χ1) is 13.0. The molecule has 2 N–H and O–H groups in total. The van der Waals surface area contributed by atoms with Crippen molar-refractivity contribution in [1.82, 2.24) is 14.5 Å². The highest BCUT2D eigenvalue weighted by Gasteiger charge is 2.25. The van der Waals surface area contributed by atoms with Crippen molar-refractivity contribution in [3.63, 3.8) is 0 Å². The van der Waals surface area contributed by atoms with Crippen LogP contribution < -0.4 is 10.5 Å². The third kappa shape index (κ3) is 5.08. The number of aromatic nitrogens is 3. The molecule has 0 fully saturated rings. The average molecular weight is 384 g/mol. The standard InChI is InChI=1S/C19H20N4O3S/c1-13(20)19(25)26-16-11-27-18(22-16)17(24)15(10-23-8-7-21-12-23)9-14-5-3-2-4-6-14/h2-8,11-13,15H,9-10,20H2,1H3/t13-,15+/m0/s1. The number of Topliss-reactive ketones (excluding diaryl/α,β-unsaturated/α-hetero) is 1. The number of thiazole rings is 1. The maximum absolute atomic E-state index is 13.1. The number of ether oxygens (including phenoxy) is 1. The number of rotatable bonds is 8. The predicted octanol–water partition coefficient (Wildman–Crippen LogP) is 2.33. The minimum atomic E-state index is -0.752. The Morgan fingerprint density at radius 3 is 2.74 bits per heavy atom. The lowest BCUT2D eigenvalue weighted by atomic mass is 9.95. The van der Waals surface area contributed by atoms with Crippen molar-refractivity contribution in [2.24, 2.45) is 11.7 Å². The molecule has 27 heavy (non-hydrogen) atoms. The second kappa shape index (κ2) is 8.70. The minimum Gasteiger partial charge on any atom is -0.405 e. The third-order valence-electron chi connectivity index (χ3n) is 3.96. The molecule has 0 unspecified atom stereocenters. The molecule has 0 amide bonds. The Labute approximate surface area is 160 Å². The lowest BCUT2D eigenvalue weighted by Gasteiger charge is -2.15. The van der Waals surface area contributed by atoms with Crippen molar-refractivity contribution in [2.45, 2.75) is 25.9 Å². The second-order valence-corrected chi connectivity index (χ2v) is 7.07. The number of nitrogens with zero attached hydrogens (tertiary/aromatic N) is 3. The summed E-state index contributed by atoms with van der Waals surface area (Å²) < 4.78 is 6.95. The second-order valence-electron chi connectivity index (χ2n) is 6.21. The summed E-state index contributed by atoms with van der Waals surface area (Å²) in [6, 6.07) is 9.07. The van der Waals surface area contributed by atoms with Crippen LogP contribution in [0, 0.1) is 5.92 Å².